The second-order valence-electron chi connectivity index (χ2n) is 5.50. The van der Waals surface area contributed by atoms with Gasteiger partial charge in [-0.25, -0.2) is 0 Å². The molecule has 0 amide bonds. The van der Waals surface area contributed by atoms with Crippen LogP contribution < -0.4 is 0 Å². The molecule has 6 heteroatoms. The van der Waals surface area contributed by atoms with Crippen molar-refractivity contribution < 1.29 is 28.9 Å². The van der Waals surface area contributed by atoms with E-state index in [1.54, 1.807) is 6.92 Å². The van der Waals surface area contributed by atoms with Crippen LogP contribution in [0.3, 0.4) is 0 Å². The molecule has 2 aliphatic rings. The summed E-state index contributed by atoms with van der Waals surface area (Å²) in [5, 5.41) is 10.5. The first-order valence-electron chi connectivity index (χ1n) is 5.81. The van der Waals surface area contributed by atoms with E-state index in [-0.39, 0.29) is 18.0 Å². The predicted molar refractivity (Wildman–Crippen MR) is 59.4 cm³/mol. The summed E-state index contributed by atoms with van der Waals surface area (Å²) in [6, 6.07) is 0. The van der Waals surface area contributed by atoms with Crippen molar-refractivity contribution >= 4 is 11.6 Å². The lowest BCUT2D eigenvalue weighted by Gasteiger charge is -2.29. The lowest BCUT2D eigenvalue weighted by Crippen LogP contribution is -2.45. The summed E-state index contributed by atoms with van der Waals surface area (Å²) >= 11 is 0. The molecule has 2 rings (SSSR count). The van der Waals surface area contributed by atoms with Crippen LogP contribution in [-0.2, 0) is 23.8 Å². The van der Waals surface area contributed by atoms with Gasteiger partial charge in [-0.2, -0.15) is 0 Å². The molecule has 0 spiro atoms. The molecule has 0 aliphatic carbocycles. The Morgan fingerprint density at radius 2 is 1.56 bits per heavy atom. The fraction of sp³-hybridized carbons (Fsp3) is 0.833. The molecule has 0 radical (unpaired) electrons. The first kappa shape index (κ1) is 13.6. The molecule has 0 aromatic heterocycles. The SMILES string of the molecule is CC(=O)[C@@]1(C)O[C@]2(C)O[C@](C)(C(C)=O)C[C@@]2(O)O1. The van der Waals surface area contributed by atoms with Gasteiger partial charge < -0.3 is 19.3 Å². The molecule has 6 nitrogen and oxygen atoms in total. The number of ketones is 2. The van der Waals surface area contributed by atoms with Crippen molar-refractivity contribution in [2.45, 2.75) is 64.0 Å². The first-order valence-corrected chi connectivity index (χ1v) is 5.81. The number of ether oxygens (including phenoxy) is 3. The van der Waals surface area contributed by atoms with Crippen molar-refractivity contribution in [1.29, 1.82) is 0 Å². The molecule has 4 atom stereocenters. The second-order valence-corrected chi connectivity index (χ2v) is 5.50. The highest BCUT2D eigenvalue weighted by molar-refractivity contribution is 5.86. The number of aliphatic hydroxyl groups is 1. The van der Waals surface area contributed by atoms with Gasteiger partial charge in [-0.1, -0.05) is 0 Å². The van der Waals surface area contributed by atoms with E-state index in [0.29, 0.717) is 0 Å². The van der Waals surface area contributed by atoms with E-state index in [2.05, 4.69) is 0 Å². The van der Waals surface area contributed by atoms with Crippen molar-refractivity contribution in [2.75, 3.05) is 0 Å². The molecule has 0 saturated carbocycles. The summed E-state index contributed by atoms with van der Waals surface area (Å²) in [6.45, 7) is 7.13. The molecule has 1 N–H and O–H groups in total. The zero-order valence-electron chi connectivity index (χ0n) is 11.2. The van der Waals surface area contributed by atoms with E-state index in [0.717, 1.165) is 0 Å². The fourth-order valence-corrected chi connectivity index (χ4v) is 2.45. The predicted octanol–water partition coefficient (Wildman–Crippen LogP) is 0.511. The highest BCUT2D eigenvalue weighted by atomic mass is 16.9. The van der Waals surface area contributed by atoms with Crippen LogP contribution in [-0.4, -0.2) is 39.6 Å². The summed E-state index contributed by atoms with van der Waals surface area (Å²) in [6.07, 6.45) is -0.0747. The van der Waals surface area contributed by atoms with Crippen LogP contribution in [0.15, 0.2) is 0 Å². The first-order chi connectivity index (χ1) is 7.97. The van der Waals surface area contributed by atoms with Crippen LogP contribution in [0.1, 0.15) is 41.0 Å². The van der Waals surface area contributed by atoms with Crippen molar-refractivity contribution in [2.24, 2.45) is 0 Å². The van der Waals surface area contributed by atoms with E-state index in [9.17, 15) is 14.7 Å². The quantitative estimate of drug-likeness (QED) is 0.777. The Balaban J connectivity index is 2.37. The molecule has 2 saturated heterocycles. The van der Waals surface area contributed by atoms with Crippen molar-refractivity contribution in [3.63, 3.8) is 0 Å². The van der Waals surface area contributed by atoms with Gasteiger partial charge in [-0.3, -0.25) is 9.59 Å². The van der Waals surface area contributed by atoms with Crippen LogP contribution in [0, 0.1) is 0 Å². The van der Waals surface area contributed by atoms with Gasteiger partial charge in [0.25, 0.3) is 0 Å². The van der Waals surface area contributed by atoms with Gasteiger partial charge in [0.05, 0.1) is 0 Å². The second kappa shape index (κ2) is 3.39. The summed E-state index contributed by atoms with van der Waals surface area (Å²) in [5.41, 5.74) is -1.18. The Morgan fingerprint density at radius 1 is 1.00 bits per heavy atom. The number of carbonyl (C=O) groups excluding carboxylic acids is 2. The summed E-state index contributed by atoms with van der Waals surface area (Å²) in [4.78, 5) is 23.1. The molecule has 18 heavy (non-hydrogen) atoms. The van der Waals surface area contributed by atoms with Gasteiger partial charge in [-0.15, -0.1) is 0 Å². The third-order valence-corrected chi connectivity index (χ3v) is 3.84. The van der Waals surface area contributed by atoms with E-state index >= 15 is 0 Å². The van der Waals surface area contributed by atoms with Crippen molar-refractivity contribution in [1.82, 2.24) is 0 Å². The van der Waals surface area contributed by atoms with Crippen LogP contribution in [0.5, 0.6) is 0 Å². The number of hydrogen-bond acceptors (Lipinski definition) is 6. The number of fused-ring (bicyclic) bond motifs is 1. The van der Waals surface area contributed by atoms with Gasteiger partial charge >= 0.3 is 0 Å². The molecular weight excluding hydrogens is 240 g/mol. The van der Waals surface area contributed by atoms with Gasteiger partial charge in [0, 0.05) is 13.3 Å². The third-order valence-electron chi connectivity index (χ3n) is 3.84. The zero-order valence-corrected chi connectivity index (χ0v) is 11.2. The Bertz CT molecular complexity index is 374. The van der Waals surface area contributed by atoms with Gasteiger partial charge in [0.1, 0.15) is 5.60 Å². The minimum absolute atomic E-state index is 0.0747. The average molecular weight is 258 g/mol. The summed E-state index contributed by atoms with van der Waals surface area (Å²) < 4.78 is 16.4. The maximum Gasteiger partial charge on any atom is 0.231 e. The van der Waals surface area contributed by atoms with E-state index < -0.39 is 23.0 Å². The Kier molecular flexibility index (Phi) is 2.56. The lowest BCUT2D eigenvalue weighted by molar-refractivity contribution is -0.271. The van der Waals surface area contributed by atoms with Gasteiger partial charge in [0.2, 0.25) is 17.4 Å². The monoisotopic (exact) mass is 258 g/mol. The molecule has 0 bridgehead atoms. The molecule has 2 aliphatic heterocycles. The zero-order chi connectivity index (χ0) is 14.0. The highest BCUT2D eigenvalue weighted by Crippen LogP contribution is 2.55. The minimum atomic E-state index is -1.81. The molecule has 2 heterocycles. The minimum Gasteiger partial charge on any atom is -0.361 e. The number of hydrogen-bond donors (Lipinski definition) is 1. The van der Waals surface area contributed by atoms with E-state index in [4.69, 9.17) is 14.2 Å². The van der Waals surface area contributed by atoms with Crippen molar-refractivity contribution in [3.8, 4) is 0 Å². The molecule has 102 valence electrons. The number of carbonyl (C=O) groups is 2. The molecular formula is C12H18O6. The molecule has 0 aromatic rings. The maximum absolute atomic E-state index is 11.6. The molecule has 0 unspecified atom stereocenters. The van der Waals surface area contributed by atoms with Gasteiger partial charge in [0.15, 0.2) is 11.6 Å². The fourth-order valence-electron chi connectivity index (χ4n) is 2.45. The summed E-state index contributed by atoms with van der Waals surface area (Å²) in [5.74, 6) is -5.51. The summed E-state index contributed by atoms with van der Waals surface area (Å²) in [7, 11) is 0. The Hall–Kier alpha value is -0.820. The molecule has 0 aromatic carbocycles. The van der Waals surface area contributed by atoms with Crippen LogP contribution in [0.2, 0.25) is 0 Å². The smallest absolute Gasteiger partial charge is 0.231 e. The van der Waals surface area contributed by atoms with Crippen LogP contribution in [0.4, 0.5) is 0 Å². The lowest BCUT2D eigenvalue weighted by atomic mass is 9.94. The Morgan fingerprint density at radius 3 is 1.94 bits per heavy atom. The topological polar surface area (TPSA) is 82.1 Å². The number of rotatable bonds is 2. The maximum atomic E-state index is 11.6. The standard InChI is InChI=1S/C12H18O6/c1-7(13)9(3)6-12(15)11(5,16-9)17-10(4,18-12)8(2)14/h15H,6H2,1-5H3/t9-,10-,11-,12+/m0/s1. The Labute approximate surface area is 105 Å². The average Bonchev–Trinajstić information content (AvgIpc) is 2.43. The largest absolute Gasteiger partial charge is 0.361 e. The third kappa shape index (κ3) is 1.56. The van der Waals surface area contributed by atoms with Gasteiger partial charge in [-0.05, 0) is 27.7 Å². The number of Topliss-reactive ketones (excluding diaryl/α,β-unsaturated/α-hetero) is 2. The van der Waals surface area contributed by atoms with Crippen molar-refractivity contribution in [3.05, 3.63) is 0 Å². The van der Waals surface area contributed by atoms with Crippen LogP contribution >= 0.6 is 0 Å². The van der Waals surface area contributed by atoms with Crippen LogP contribution in [0.25, 0.3) is 0 Å². The normalized spacial score (nSPS) is 51.2. The highest BCUT2D eigenvalue weighted by Gasteiger charge is 2.73. The van der Waals surface area contributed by atoms with E-state index in [1.165, 1.54) is 27.7 Å². The molecule has 2 fully saturated rings. The van der Waals surface area contributed by atoms with E-state index in [1.807, 2.05) is 0 Å².